The molecule has 0 unspecified atom stereocenters. The van der Waals surface area contributed by atoms with Crippen LogP contribution in [0.25, 0.3) is 0 Å². The molecule has 0 aromatic heterocycles. The number of methoxy groups -OCH3 is 1. The van der Waals surface area contributed by atoms with Crippen LogP contribution in [-0.4, -0.2) is 21.8 Å². The van der Waals surface area contributed by atoms with Crippen molar-refractivity contribution in [2.45, 2.75) is 13.5 Å². The monoisotopic (exact) mass is 230 g/mol. The van der Waals surface area contributed by atoms with Crippen LogP contribution in [-0.2, 0) is 20.9 Å². The van der Waals surface area contributed by atoms with Crippen molar-refractivity contribution in [1.29, 1.82) is 0 Å². The van der Waals surface area contributed by atoms with Crippen LogP contribution in [0.5, 0.6) is 5.75 Å². The minimum absolute atomic E-state index is 0.0435. The van der Waals surface area contributed by atoms with Crippen LogP contribution in [0, 0.1) is 6.92 Å². The van der Waals surface area contributed by atoms with Crippen LogP contribution in [0.4, 0.5) is 0 Å². The van der Waals surface area contributed by atoms with Crippen LogP contribution in [0.15, 0.2) is 18.2 Å². The zero-order valence-corrected chi connectivity index (χ0v) is 9.80. The summed E-state index contributed by atoms with van der Waals surface area (Å²) in [5.74, 6) is 0.726. The molecular weight excluding hydrogens is 216 g/mol. The highest BCUT2D eigenvalue weighted by atomic mass is 32.2. The average molecular weight is 230 g/mol. The van der Waals surface area contributed by atoms with Crippen LogP contribution in [0.3, 0.4) is 0 Å². The maximum Gasteiger partial charge on any atom is 0.264 e. The molecule has 0 amide bonds. The molecule has 84 valence electrons. The fraction of sp³-hybridized carbons (Fsp3) is 0.400. The summed E-state index contributed by atoms with van der Waals surface area (Å²) >= 11 is 0. The van der Waals surface area contributed by atoms with Crippen LogP contribution in [0.2, 0.25) is 0 Å². The van der Waals surface area contributed by atoms with Gasteiger partial charge >= 0.3 is 0 Å². The number of hydrogen-bond donors (Lipinski definition) is 0. The summed E-state index contributed by atoms with van der Waals surface area (Å²) in [7, 11) is -1.83. The van der Waals surface area contributed by atoms with Gasteiger partial charge in [-0.25, -0.2) is 0 Å². The number of hydrogen-bond acceptors (Lipinski definition) is 4. The van der Waals surface area contributed by atoms with Gasteiger partial charge in [0.1, 0.15) is 5.75 Å². The Bertz CT molecular complexity index is 437. The molecular formula is C10H14O4S. The molecule has 0 atom stereocenters. The molecule has 0 radical (unpaired) electrons. The van der Waals surface area contributed by atoms with Gasteiger partial charge in [0.05, 0.1) is 20.0 Å². The predicted molar refractivity (Wildman–Crippen MR) is 57.4 cm³/mol. The zero-order valence-electron chi connectivity index (χ0n) is 8.98. The summed E-state index contributed by atoms with van der Waals surface area (Å²) in [5, 5.41) is 0. The molecule has 0 saturated carbocycles. The van der Waals surface area contributed by atoms with Crippen molar-refractivity contribution in [1.82, 2.24) is 0 Å². The fourth-order valence-electron chi connectivity index (χ4n) is 1.21. The number of benzene rings is 1. The second-order valence-electron chi connectivity index (χ2n) is 3.21. The highest BCUT2D eigenvalue weighted by Crippen LogP contribution is 2.21. The second-order valence-corrected chi connectivity index (χ2v) is 4.85. The van der Waals surface area contributed by atoms with E-state index in [4.69, 9.17) is 8.92 Å². The lowest BCUT2D eigenvalue weighted by Crippen LogP contribution is -2.04. The van der Waals surface area contributed by atoms with E-state index in [-0.39, 0.29) is 6.61 Å². The molecule has 0 aliphatic heterocycles. The lowest BCUT2D eigenvalue weighted by Gasteiger charge is -2.09. The summed E-state index contributed by atoms with van der Waals surface area (Å²) in [6.07, 6.45) is 1.03. The van der Waals surface area contributed by atoms with E-state index in [9.17, 15) is 8.42 Å². The Morgan fingerprint density at radius 2 is 2.00 bits per heavy atom. The fourth-order valence-corrected chi connectivity index (χ4v) is 1.55. The first-order valence-corrected chi connectivity index (χ1v) is 6.22. The first-order valence-electron chi connectivity index (χ1n) is 4.41. The SMILES string of the molecule is COc1cccc(COS(C)(=O)=O)c1C. The van der Waals surface area contributed by atoms with Crippen LogP contribution in [0.1, 0.15) is 11.1 Å². The quantitative estimate of drug-likeness (QED) is 0.735. The number of ether oxygens (including phenoxy) is 1. The Labute approximate surface area is 90.0 Å². The van der Waals surface area contributed by atoms with Crippen molar-refractivity contribution in [3.05, 3.63) is 29.3 Å². The normalized spacial score (nSPS) is 11.4. The van der Waals surface area contributed by atoms with Crippen molar-refractivity contribution < 1.29 is 17.3 Å². The molecule has 15 heavy (non-hydrogen) atoms. The molecule has 0 fully saturated rings. The molecule has 0 bridgehead atoms. The predicted octanol–water partition coefficient (Wildman–Crippen LogP) is 1.48. The van der Waals surface area contributed by atoms with Gasteiger partial charge in [-0.05, 0) is 24.1 Å². The molecule has 1 aromatic carbocycles. The van der Waals surface area contributed by atoms with E-state index in [1.165, 1.54) is 0 Å². The van der Waals surface area contributed by atoms with E-state index in [1.54, 1.807) is 13.2 Å². The summed E-state index contributed by atoms with van der Waals surface area (Å²) in [6.45, 7) is 1.90. The lowest BCUT2D eigenvalue weighted by atomic mass is 10.1. The Morgan fingerprint density at radius 3 is 2.53 bits per heavy atom. The molecule has 4 nitrogen and oxygen atoms in total. The minimum atomic E-state index is -3.40. The third kappa shape index (κ3) is 3.53. The molecule has 1 rings (SSSR count). The molecule has 0 heterocycles. The Kier molecular flexibility index (Phi) is 3.71. The van der Waals surface area contributed by atoms with Gasteiger partial charge in [0, 0.05) is 0 Å². The lowest BCUT2D eigenvalue weighted by molar-refractivity contribution is 0.309. The maximum absolute atomic E-state index is 10.8. The Morgan fingerprint density at radius 1 is 1.33 bits per heavy atom. The van der Waals surface area contributed by atoms with E-state index in [2.05, 4.69) is 0 Å². The summed E-state index contributed by atoms with van der Waals surface area (Å²) in [6, 6.07) is 5.43. The molecule has 0 aliphatic carbocycles. The van der Waals surface area contributed by atoms with E-state index in [1.807, 2.05) is 19.1 Å². The first kappa shape index (κ1) is 12.0. The van der Waals surface area contributed by atoms with Gasteiger partial charge in [-0.15, -0.1) is 0 Å². The van der Waals surface area contributed by atoms with Gasteiger partial charge in [-0.3, -0.25) is 4.18 Å². The van der Waals surface area contributed by atoms with Gasteiger partial charge in [0.25, 0.3) is 10.1 Å². The zero-order chi connectivity index (χ0) is 11.5. The Balaban J connectivity index is 2.87. The average Bonchev–Trinajstić information content (AvgIpc) is 2.15. The van der Waals surface area contributed by atoms with E-state index >= 15 is 0 Å². The molecule has 1 aromatic rings. The summed E-state index contributed by atoms with van der Waals surface area (Å²) < 4.78 is 31.5. The maximum atomic E-state index is 10.8. The molecule has 5 heteroatoms. The van der Waals surface area contributed by atoms with Crippen molar-refractivity contribution in [2.75, 3.05) is 13.4 Å². The highest BCUT2D eigenvalue weighted by Gasteiger charge is 2.07. The van der Waals surface area contributed by atoms with Crippen molar-refractivity contribution in [2.24, 2.45) is 0 Å². The van der Waals surface area contributed by atoms with Gasteiger partial charge < -0.3 is 4.74 Å². The van der Waals surface area contributed by atoms with Crippen molar-refractivity contribution in [3.8, 4) is 5.75 Å². The van der Waals surface area contributed by atoms with Crippen molar-refractivity contribution in [3.63, 3.8) is 0 Å². The van der Waals surface area contributed by atoms with Crippen molar-refractivity contribution >= 4 is 10.1 Å². The molecule has 0 saturated heterocycles. The topological polar surface area (TPSA) is 52.6 Å². The summed E-state index contributed by atoms with van der Waals surface area (Å²) in [5.41, 5.74) is 1.70. The van der Waals surface area contributed by atoms with Gasteiger partial charge in [0.15, 0.2) is 0 Å². The Hall–Kier alpha value is -1.07. The van der Waals surface area contributed by atoms with Crippen LogP contribution >= 0.6 is 0 Å². The van der Waals surface area contributed by atoms with Gasteiger partial charge in [-0.2, -0.15) is 8.42 Å². The molecule has 0 N–H and O–H groups in total. The smallest absolute Gasteiger partial charge is 0.264 e. The third-order valence-corrected chi connectivity index (χ3v) is 2.59. The highest BCUT2D eigenvalue weighted by molar-refractivity contribution is 7.85. The van der Waals surface area contributed by atoms with Gasteiger partial charge in [-0.1, -0.05) is 12.1 Å². The molecule has 0 spiro atoms. The van der Waals surface area contributed by atoms with E-state index in [0.29, 0.717) is 0 Å². The summed E-state index contributed by atoms with van der Waals surface area (Å²) in [4.78, 5) is 0. The second kappa shape index (κ2) is 4.63. The third-order valence-electron chi connectivity index (χ3n) is 2.04. The molecule has 0 aliphatic rings. The standard InChI is InChI=1S/C10H14O4S/c1-8-9(7-14-15(3,11)12)5-4-6-10(8)13-2/h4-6H,7H2,1-3H3. The van der Waals surface area contributed by atoms with Gasteiger partial charge in [0.2, 0.25) is 0 Å². The number of rotatable bonds is 4. The first-order chi connectivity index (χ1) is 6.94. The van der Waals surface area contributed by atoms with Crippen LogP contribution < -0.4 is 4.74 Å². The van der Waals surface area contributed by atoms with E-state index < -0.39 is 10.1 Å². The van der Waals surface area contributed by atoms with E-state index in [0.717, 1.165) is 23.1 Å². The largest absolute Gasteiger partial charge is 0.496 e. The minimum Gasteiger partial charge on any atom is -0.496 e.